The van der Waals surface area contributed by atoms with Crippen molar-refractivity contribution in [1.82, 2.24) is 14.8 Å². The van der Waals surface area contributed by atoms with Crippen LogP contribution in [0.4, 0.5) is 11.6 Å². The molecule has 0 fully saturated rings. The Labute approximate surface area is 180 Å². The average molecular weight is 419 g/mol. The molecule has 0 radical (unpaired) electrons. The Kier molecular flexibility index (Phi) is 5.99. The van der Waals surface area contributed by atoms with Gasteiger partial charge in [0.15, 0.2) is 5.82 Å². The molecule has 2 heterocycles. The van der Waals surface area contributed by atoms with E-state index in [1.807, 2.05) is 53.2 Å². The molecule has 0 aliphatic carbocycles. The number of aromatic nitrogens is 3. The molecule has 8 heteroatoms. The summed E-state index contributed by atoms with van der Waals surface area (Å²) in [6.45, 7) is 1.59. The summed E-state index contributed by atoms with van der Waals surface area (Å²) >= 11 is 0. The number of hydrogen-bond donors (Lipinski definition) is 3. The van der Waals surface area contributed by atoms with Crippen LogP contribution in [0.15, 0.2) is 54.6 Å². The van der Waals surface area contributed by atoms with Crippen molar-refractivity contribution < 1.29 is 14.6 Å². The second-order valence-corrected chi connectivity index (χ2v) is 7.31. The van der Waals surface area contributed by atoms with Crippen LogP contribution in [0.3, 0.4) is 0 Å². The van der Waals surface area contributed by atoms with Gasteiger partial charge in [0.2, 0.25) is 11.9 Å². The van der Waals surface area contributed by atoms with Crippen molar-refractivity contribution in [3.8, 4) is 5.75 Å². The summed E-state index contributed by atoms with van der Waals surface area (Å²) < 4.78 is 7.15. The van der Waals surface area contributed by atoms with Crippen LogP contribution >= 0.6 is 0 Å². The first kappa shape index (κ1) is 20.6. The summed E-state index contributed by atoms with van der Waals surface area (Å²) in [5, 5.41) is 20.0. The van der Waals surface area contributed by atoms with Crippen LogP contribution in [0.5, 0.6) is 5.75 Å². The van der Waals surface area contributed by atoms with Gasteiger partial charge in [0.25, 0.3) is 0 Å². The first-order valence-corrected chi connectivity index (χ1v) is 10.1. The Hall–Kier alpha value is -3.65. The maximum Gasteiger partial charge on any atom is 0.226 e. The molecule has 3 N–H and O–H groups in total. The van der Waals surface area contributed by atoms with E-state index in [2.05, 4.69) is 26.8 Å². The summed E-state index contributed by atoms with van der Waals surface area (Å²) in [6, 6.07) is 15.4. The molecule has 1 aliphatic heterocycles. The zero-order chi connectivity index (χ0) is 21.8. The van der Waals surface area contributed by atoms with Crippen molar-refractivity contribution in [2.45, 2.75) is 25.8 Å². The van der Waals surface area contributed by atoms with Crippen molar-refractivity contribution in [1.29, 1.82) is 0 Å². The Morgan fingerprint density at radius 3 is 2.58 bits per heavy atom. The number of anilines is 2. The van der Waals surface area contributed by atoms with Crippen LogP contribution in [0.25, 0.3) is 5.70 Å². The number of aliphatic hydroxyl groups excluding tert-OH is 1. The van der Waals surface area contributed by atoms with E-state index in [0.717, 1.165) is 28.3 Å². The Bertz CT molecular complexity index is 1090. The molecular formula is C23H25N5O3. The molecule has 1 aromatic heterocycles. The molecule has 1 aliphatic rings. The number of nitrogens with zero attached hydrogens (tertiary/aromatic N) is 3. The van der Waals surface area contributed by atoms with Crippen LogP contribution < -0.4 is 15.4 Å². The van der Waals surface area contributed by atoms with E-state index in [1.54, 1.807) is 7.11 Å². The molecular weight excluding hydrogens is 394 g/mol. The number of amides is 1. The largest absolute Gasteiger partial charge is 0.497 e. The number of fused-ring (bicyclic) bond motifs is 1. The number of hydrogen-bond acceptors (Lipinski definition) is 6. The molecule has 1 amide bonds. The number of aryl methyl sites for hydroxylation is 1. The molecule has 4 rings (SSSR count). The lowest BCUT2D eigenvalue weighted by Gasteiger charge is -2.24. The molecule has 0 saturated carbocycles. The van der Waals surface area contributed by atoms with Crippen molar-refractivity contribution in [2.24, 2.45) is 0 Å². The van der Waals surface area contributed by atoms with Gasteiger partial charge in [-0.15, -0.1) is 0 Å². The number of methoxy groups -OCH3 is 1. The summed E-state index contributed by atoms with van der Waals surface area (Å²) in [4.78, 5) is 15.9. The molecule has 0 spiro atoms. The number of carbonyl (C=O) groups is 1. The van der Waals surface area contributed by atoms with Crippen molar-refractivity contribution in [3.63, 3.8) is 0 Å². The predicted molar refractivity (Wildman–Crippen MR) is 119 cm³/mol. The number of aliphatic hydroxyl groups is 1. The van der Waals surface area contributed by atoms with Gasteiger partial charge in [-0.2, -0.15) is 10.1 Å². The van der Waals surface area contributed by atoms with Crippen molar-refractivity contribution >= 4 is 23.2 Å². The third-order valence-corrected chi connectivity index (χ3v) is 5.04. The molecule has 0 saturated heterocycles. The number of benzene rings is 2. The Morgan fingerprint density at radius 2 is 1.94 bits per heavy atom. The van der Waals surface area contributed by atoms with Gasteiger partial charge in [-0.1, -0.05) is 24.3 Å². The molecule has 2 aromatic carbocycles. The maximum absolute atomic E-state index is 11.3. The SMILES string of the molecule is COc1ccc(C2C=C(c3ccc(NC(C)=O)cc3)Nc3nc(CCCO)nn32)cc1. The van der Waals surface area contributed by atoms with Crippen molar-refractivity contribution in [3.05, 3.63) is 71.6 Å². The minimum absolute atomic E-state index is 0.101. The topological polar surface area (TPSA) is 101 Å². The van der Waals surface area contributed by atoms with Crippen LogP contribution in [0.2, 0.25) is 0 Å². The lowest BCUT2D eigenvalue weighted by atomic mass is 10.0. The maximum atomic E-state index is 11.3. The summed E-state index contributed by atoms with van der Waals surface area (Å²) in [6.07, 6.45) is 3.32. The molecule has 3 aromatic rings. The Morgan fingerprint density at radius 1 is 1.19 bits per heavy atom. The molecule has 8 nitrogen and oxygen atoms in total. The summed E-state index contributed by atoms with van der Waals surface area (Å²) in [5.74, 6) is 2.02. The van der Waals surface area contributed by atoms with E-state index in [0.29, 0.717) is 24.6 Å². The smallest absolute Gasteiger partial charge is 0.226 e. The predicted octanol–water partition coefficient (Wildman–Crippen LogP) is 3.23. The standard InChI is InChI=1S/C23H25N5O3/c1-15(30)24-18-9-5-16(6-10-18)20-14-21(17-7-11-19(31-2)12-8-17)28-23(25-20)26-22(27-28)4-3-13-29/h5-12,14,21,29H,3-4,13H2,1-2H3,(H,24,30)(H,25,26,27). The van der Waals surface area contributed by atoms with Gasteiger partial charge in [-0.25, -0.2) is 4.68 Å². The lowest BCUT2D eigenvalue weighted by Crippen LogP contribution is -2.20. The number of rotatable bonds is 7. The highest BCUT2D eigenvalue weighted by atomic mass is 16.5. The number of allylic oxidation sites excluding steroid dienone is 1. The highest BCUT2D eigenvalue weighted by Crippen LogP contribution is 2.33. The van der Waals surface area contributed by atoms with Crippen LogP contribution in [-0.2, 0) is 11.2 Å². The van der Waals surface area contributed by atoms with Gasteiger partial charge in [-0.3, -0.25) is 4.79 Å². The molecule has 0 bridgehead atoms. The van der Waals surface area contributed by atoms with Gasteiger partial charge in [-0.05, 0) is 47.9 Å². The highest BCUT2D eigenvalue weighted by Gasteiger charge is 2.25. The first-order valence-electron chi connectivity index (χ1n) is 10.1. The minimum atomic E-state index is -0.150. The fourth-order valence-corrected chi connectivity index (χ4v) is 3.52. The molecule has 1 atom stereocenters. The van der Waals surface area contributed by atoms with E-state index in [9.17, 15) is 4.79 Å². The fourth-order valence-electron chi connectivity index (χ4n) is 3.52. The van der Waals surface area contributed by atoms with Gasteiger partial charge in [0, 0.05) is 31.3 Å². The zero-order valence-corrected chi connectivity index (χ0v) is 17.5. The fraction of sp³-hybridized carbons (Fsp3) is 0.261. The zero-order valence-electron chi connectivity index (χ0n) is 17.5. The van der Waals surface area contributed by atoms with Crippen LogP contribution in [0.1, 0.15) is 36.3 Å². The van der Waals surface area contributed by atoms with Gasteiger partial charge >= 0.3 is 0 Å². The Balaban J connectivity index is 1.70. The summed E-state index contributed by atoms with van der Waals surface area (Å²) in [5.41, 5.74) is 3.67. The molecule has 1 unspecified atom stereocenters. The van der Waals surface area contributed by atoms with E-state index in [4.69, 9.17) is 9.84 Å². The summed E-state index contributed by atoms with van der Waals surface area (Å²) in [7, 11) is 1.64. The van der Waals surface area contributed by atoms with E-state index < -0.39 is 0 Å². The minimum Gasteiger partial charge on any atom is -0.497 e. The van der Waals surface area contributed by atoms with Gasteiger partial charge in [0.05, 0.1) is 7.11 Å². The van der Waals surface area contributed by atoms with E-state index >= 15 is 0 Å². The third-order valence-electron chi connectivity index (χ3n) is 5.04. The highest BCUT2D eigenvalue weighted by molar-refractivity contribution is 5.89. The van der Waals surface area contributed by atoms with E-state index in [-0.39, 0.29) is 18.6 Å². The average Bonchev–Trinajstić information content (AvgIpc) is 3.20. The normalized spacial score (nSPS) is 14.9. The first-order chi connectivity index (χ1) is 15.1. The number of ether oxygens (including phenoxy) is 1. The third kappa shape index (κ3) is 4.59. The van der Waals surface area contributed by atoms with Gasteiger partial charge < -0.3 is 20.5 Å². The second kappa shape index (κ2) is 9.01. The van der Waals surface area contributed by atoms with Crippen LogP contribution in [0, 0.1) is 0 Å². The molecule has 160 valence electrons. The van der Waals surface area contributed by atoms with Crippen molar-refractivity contribution in [2.75, 3.05) is 24.4 Å². The monoisotopic (exact) mass is 419 g/mol. The number of carbonyl (C=O) groups excluding carboxylic acids is 1. The lowest BCUT2D eigenvalue weighted by molar-refractivity contribution is -0.114. The second-order valence-electron chi connectivity index (χ2n) is 7.31. The van der Waals surface area contributed by atoms with E-state index in [1.165, 1.54) is 6.92 Å². The van der Waals surface area contributed by atoms with Crippen LogP contribution in [-0.4, -0.2) is 39.5 Å². The molecule has 31 heavy (non-hydrogen) atoms. The van der Waals surface area contributed by atoms with Gasteiger partial charge in [0.1, 0.15) is 11.8 Å². The number of nitrogens with one attached hydrogen (secondary N) is 2. The quantitative estimate of drug-likeness (QED) is 0.544.